The van der Waals surface area contributed by atoms with Gasteiger partial charge in [-0.25, -0.2) is 9.59 Å². The SMILES string of the molecule is COC(=O)[C@]1(O)C=CC=C[C@H]1O.II.I[I-]I.O=C(O)[C@]1(O)C=CC=C[C@H]1O. The molecule has 13 heteroatoms. The summed E-state index contributed by atoms with van der Waals surface area (Å²) in [6.07, 6.45) is 8.03. The second-order valence-electron chi connectivity index (χ2n) is 4.88. The van der Waals surface area contributed by atoms with Crippen molar-refractivity contribution < 1.29 is 53.1 Å². The van der Waals surface area contributed by atoms with Crippen molar-refractivity contribution in [3.05, 3.63) is 48.6 Å². The molecule has 0 radical (unpaired) electrons. The van der Waals surface area contributed by atoms with Crippen LogP contribution in [0.3, 0.4) is 0 Å². The Morgan fingerprint density at radius 2 is 1.29 bits per heavy atom. The summed E-state index contributed by atoms with van der Waals surface area (Å²) in [5.74, 6) is -2.32. The van der Waals surface area contributed by atoms with Gasteiger partial charge in [0.1, 0.15) is 12.2 Å². The molecule has 0 aromatic rings. The number of aliphatic hydroxyl groups is 4. The number of esters is 1. The van der Waals surface area contributed by atoms with E-state index < -0.39 is 35.3 Å². The molecule has 2 rings (SSSR count). The molecule has 5 N–H and O–H groups in total. The van der Waals surface area contributed by atoms with E-state index in [2.05, 4.69) is 79.2 Å². The summed E-state index contributed by atoms with van der Waals surface area (Å²) in [5.41, 5.74) is -4.09. The summed E-state index contributed by atoms with van der Waals surface area (Å²) in [6, 6.07) is 0. The quantitative estimate of drug-likeness (QED) is 0.179. The van der Waals surface area contributed by atoms with E-state index in [0.717, 1.165) is 13.2 Å². The molecule has 0 aromatic carbocycles. The van der Waals surface area contributed by atoms with E-state index >= 15 is 0 Å². The van der Waals surface area contributed by atoms with Gasteiger partial charge in [0.15, 0.2) is 0 Å². The zero-order valence-electron chi connectivity index (χ0n) is 14.1. The maximum absolute atomic E-state index is 11.0. The van der Waals surface area contributed by atoms with Gasteiger partial charge in [-0.15, -0.1) is 0 Å². The Balaban J connectivity index is 0. The molecular weight excluding hydrogens is 943 g/mol. The average Bonchev–Trinajstić information content (AvgIpc) is 2.68. The largest absolute Gasteiger partial charge is 0.479 e. The minimum Gasteiger partial charge on any atom is -0.479 e. The van der Waals surface area contributed by atoms with Crippen LogP contribution in [0.2, 0.25) is 0 Å². The monoisotopic (exact) mass is 961 g/mol. The summed E-state index contributed by atoms with van der Waals surface area (Å²) >= 11 is 9.54. The topological polar surface area (TPSA) is 145 Å². The van der Waals surface area contributed by atoms with Crippen LogP contribution in [-0.2, 0) is 14.3 Å². The van der Waals surface area contributed by atoms with E-state index in [0.29, 0.717) is 13.3 Å². The van der Waals surface area contributed by atoms with Crippen molar-refractivity contribution in [2.24, 2.45) is 0 Å². The number of halogens is 5. The molecule has 0 saturated heterocycles. The van der Waals surface area contributed by atoms with Gasteiger partial charge in [-0.3, -0.25) is 0 Å². The van der Waals surface area contributed by atoms with E-state index in [-0.39, 0.29) is 0 Å². The first kappa shape index (κ1) is 31.6. The molecule has 0 fully saturated rings. The van der Waals surface area contributed by atoms with Crippen molar-refractivity contribution in [1.82, 2.24) is 0 Å². The van der Waals surface area contributed by atoms with Crippen LogP contribution in [0.25, 0.3) is 0 Å². The van der Waals surface area contributed by atoms with E-state index in [4.69, 9.17) is 10.2 Å². The predicted octanol–water partition coefficient (Wildman–Crippen LogP) is -0.787. The fraction of sp³-hybridized carbons (Fsp3) is 0.333. The third-order valence-electron chi connectivity index (χ3n) is 3.27. The van der Waals surface area contributed by atoms with Gasteiger partial charge >= 0.3 is 62.4 Å². The minimum absolute atomic E-state index is 0.530. The number of hydrogen-bond acceptors (Lipinski definition) is 7. The van der Waals surface area contributed by atoms with E-state index in [9.17, 15) is 24.9 Å². The molecule has 0 amide bonds. The Bertz CT molecular complexity index is 609. The van der Waals surface area contributed by atoms with Crippen LogP contribution in [0.15, 0.2) is 48.6 Å². The number of aliphatic carboxylic acids is 1. The zero-order valence-corrected chi connectivity index (χ0v) is 24.9. The molecule has 0 unspecified atom stereocenters. The Morgan fingerprint density at radius 1 is 0.929 bits per heavy atom. The molecule has 0 spiro atoms. The molecule has 0 bridgehead atoms. The Hall–Kier alpha value is 1.39. The summed E-state index contributed by atoms with van der Waals surface area (Å²) in [4.78, 5) is 21.4. The maximum Gasteiger partial charge on any atom is 0.342 e. The van der Waals surface area contributed by atoms with Gasteiger partial charge in [0.05, 0.1) is 7.11 Å². The first-order valence-electron chi connectivity index (χ1n) is 6.96. The molecule has 2 aliphatic carbocycles. The molecule has 4 atom stereocenters. The van der Waals surface area contributed by atoms with Crippen molar-refractivity contribution in [3.8, 4) is 0 Å². The van der Waals surface area contributed by atoms with Gasteiger partial charge in [0, 0.05) is 37.2 Å². The number of ether oxygens (including phenoxy) is 1. The van der Waals surface area contributed by atoms with Crippen LogP contribution in [0.4, 0.5) is 0 Å². The van der Waals surface area contributed by atoms with Crippen molar-refractivity contribution in [1.29, 1.82) is 0 Å². The number of rotatable bonds is 2. The Kier molecular flexibility index (Phi) is 19.2. The van der Waals surface area contributed by atoms with Crippen molar-refractivity contribution >= 4 is 86.4 Å². The van der Waals surface area contributed by atoms with Crippen LogP contribution >= 0.6 is 74.5 Å². The van der Waals surface area contributed by atoms with Gasteiger partial charge in [-0.2, -0.15) is 0 Å². The average molecular weight is 961 g/mol. The standard InChI is InChI=1S/C8H10O4.C7H8O4.I3.I2/c1-12-7(10)8(11)5-3-2-4-6(8)9;8-5-3-1-2-4-7(5,11)6(9)10;1-3-2;1-2/h2-6,9,11H,1H3;1-5,8,11H,(H,9,10);;/q;;-1;/t6-,8+;5-,7+;;/m11../s1. The van der Waals surface area contributed by atoms with Crippen molar-refractivity contribution in [2.75, 3.05) is 7.11 Å². The predicted molar refractivity (Wildman–Crippen MR) is 134 cm³/mol. The second kappa shape index (κ2) is 17.0. The molecular formula is C15H18I5O8-. The van der Waals surface area contributed by atoms with Crippen molar-refractivity contribution in [2.45, 2.75) is 23.4 Å². The van der Waals surface area contributed by atoms with Gasteiger partial charge < -0.3 is 30.3 Å². The number of carbonyl (C=O) groups is 2. The zero-order chi connectivity index (χ0) is 22.4. The molecule has 28 heavy (non-hydrogen) atoms. The third kappa shape index (κ3) is 10.1. The number of carboxylic acid groups (broad SMARTS) is 1. The molecule has 0 aliphatic heterocycles. The van der Waals surface area contributed by atoms with Crippen LogP contribution in [0.1, 0.15) is 0 Å². The number of carboxylic acids is 1. The molecule has 162 valence electrons. The number of allylic oxidation sites excluding steroid dienone is 4. The molecule has 0 heterocycles. The first-order valence-corrected chi connectivity index (χ1v) is 25.8. The summed E-state index contributed by atoms with van der Waals surface area (Å²) in [6.45, 7) is 0. The van der Waals surface area contributed by atoms with Gasteiger partial charge in [-0.1, -0.05) is 36.5 Å². The second-order valence-corrected chi connectivity index (χ2v) is 21.1. The number of carbonyl (C=O) groups excluding carboxylic acids is 1. The Labute approximate surface area is 215 Å². The number of aliphatic hydroxyl groups excluding tert-OH is 2. The third-order valence-corrected chi connectivity index (χ3v) is 3.27. The number of methoxy groups -OCH3 is 1. The smallest absolute Gasteiger partial charge is 0.342 e. The van der Waals surface area contributed by atoms with E-state index in [1.54, 1.807) is 6.08 Å². The van der Waals surface area contributed by atoms with Gasteiger partial charge in [-0.05, 0) is 12.2 Å². The van der Waals surface area contributed by atoms with Gasteiger partial charge in [0.25, 0.3) is 0 Å². The molecule has 0 aromatic heterocycles. The Morgan fingerprint density at radius 3 is 1.54 bits per heavy atom. The molecule has 2 aliphatic rings. The van der Waals surface area contributed by atoms with Crippen LogP contribution < -0.4 is 13.3 Å². The molecule has 8 nitrogen and oxygen atoms in total. The van der Waals surface area contributed by atoms with E-state index in [1.807, 2.05) is 0 Å². The van der Waals surface area contributed by atoms with Crippen LogP contribution in [0.5, 0.6) is 0 Å². The summed E-state index contributed by atoms with van der Waals surface area (Å²) in [7, 11) is 1.15. The normalized spacial score (nSPS) is 29.3. The first-order chi connectivity index (χ1) is 13.1. The van der Waals surface area contributed by atoms with E-state index in [1.165, 1.54) is 36.5 Å². The van der Waals surface area contributed by atoms with Crippen LogP contribution in [0, 0.1) is 0 Å². The maximum atomic E-state index is 11.0. The summed E-state index contributed by atoms with van der Waals surface area (Å²) < 4.78 is 4.33. The fourth-order valence-electron chi connectivity index (χ4n) is 1.78. The van der Waals surface area contributed by atoms with Crippen LogP contribution in [-0.4, -0.2) is 68.0 Å². The minimum atomic E-state index is -2.16. The number of hydrogen-bond donors (Lipinski definition) is 5. The van der Waals surface area contributed by atoms with Gasteiger partial charge in [0.2, 0.25) is 11.2 Å². The summed E-state index contributed by atoms with van der Waals surface area (Å²) in [5, 5.41) is 45.5. The van der Waals surface area contributed by atoms with Crippen molar-refractivity contribution in [3.63, 3.8) is 0 Å². The fourth-order valence-corrected chi connectivity index (χ4v) is 1.78. The molecule has 0 saturated carbocycles.